The lowest BCUT2D eigenvalue weighted by Crippen LogP contribution is -2.36. The van der Waals surface area contributed by atoms with Gasteiger partial charge < -0.3 is 5.32 Å². The highest BCUT2D eigenvalue weighted by Gasteiger charge is 2.40. The predicted molar refractivity (Wildman–Crippen MR) is 148 cm³/mol. The van der Waals surface area contributed by atoms with Gasteiger partial charge in [-0.1, -0.05) is 54.6 Å². The lowest BCUT2D eigenvalue weighted by molar-refractivity contribution is -0.127. The van der Waals surface area contributed by atoms with Crippen LogP contribution in [0.15, 0.2) is 102 Å². The Bertz CT molecular complexity index is 1550. The maximum atomic E-state index is 13.7. The summed E-state index contributed by atoms with van der Waals surface area (Å²) in [6, 6.07) is 24.9. The maximum absolute atomic E-state index is 13.7. The molecule has 0 saturated heterocycles. The van der Waals surface area contributed by atoms with Crippen LogP contribution in [0.5, 0.6) is 0 Å². The Hall–Kier alpha value is -4.72. The van der Waals surface area contributed by atoms with Crippen molar-refractivity contribution in [2.75, 3.05) is 10.3 Å². The summed E-state index contributed by atoms with van der Waals surface area (Å²) >= 11 is 0. The minimum absolute atomic E-state index is 0.183. The zero-order valence-electron chi connectivity index (χ0n) is 21.4. The summed E-state index contributed by atoms with van der Waals surface area (Å²) in [7, 11) is 0. The molecule has 4 aromatic rings. The summed E-state index contributed by atoms with van der Waals surface area (Å²) in [5.41, 5.74) is 4.75. The second-order valence-electron chi connectivity index (χ2n) is 9.53. The number of carbonyl (C=O) groups is 2. The van der Waals surface area contributed by atoms with Crippen LogP contribution in [0, 0.1) is 5.92 Å². The molecule has 0 bridgehead atoms. The van der Waals surface area contributed by atoms with Crippen molar-refractivity contribution >= 4 is 28.9 Å². The van der Waals surface area contributed by atoms with E-state index >= 15 is 0 Å². The van der Waals surface area contributed by atoms with Crippen LogP contribution < -0.4 is 10.3 Å². The zero-order valence-corrected chi connectivity index (χ0v) is 21.4. The standard InChI is InChI=1S/C31H26F2N4O2/c1-20-28(29(38)35-25-12-6-11-24(17-25)31(2,32)33)30(39)37(36-20)26-14-13-22(16-21-8-4-3-5-9-21)27(18-26)23-10-7-15-34-19-23/h3-15,17-19,28H,16H2,1-2H3,(H,35,38)/t28-/m1/s1. The van der Waals surface area contributed by atoms with Gasteiger partial charge in [-0.15, -0.1) is 0 Å². The summed E-state index contributed by atoms with van der Waals surface area (Å²) in [5.74, 6) is -5.39. The molecule has 196 valence electrons. The van der Waals surface area contributed by atoms with E-state index in [2.05, 4.69) is 27.5 Å². The number of alkyl halides is 2. The van der Waals surface area contributed by atoms with Gasteiger partial charge in [0.1, 0.15) is 0 Å². The summed E-state index contributed by atoms with van der Waals surface area (Å²) in [4.78, 5) is 30.8. The summed E-state index contributed by atoms with van der Waals surface area (Å²) in [5, 5.41) is 8.21. The number of nitrogens with zero attached hydrogens (tertiary/aromatic N) is 3. The molecule has 3 aromatic carbocycles. The zero-order chi connectivity index (χ0) is 27.6. The molecule has 1 N–H and O–H groups in total. The van der Waals surface area contributed by atoms with E-state index in [4.69, 9.17) is 0 Å². The van der Waals surface area contributed by atoms with Gasteiger partial charge in [-0.25, -0.2) is 8.78 Å². The van der Waals surface area contributed by atoms with Crippen LogP contribution >= 0.6 is 0 Å². The third kappa shape index (κ3) is 5.60. The van der Waals surface area contributed by atoms with Crippen LogP contribution in [0.2, 0.25) is 0 Å². The molecule has 0 saturated carbocycles. The summed E-state index contributed by atoms with van der Waals surface area (Å²) in [6.07, 6.45) is 4.14. The van der Waals surface area contributed by atoms with Crippen LogP contribution in [0.3, 0.4) is 0 Å². The molecule has 6 nitrogen and oxygen atoms in total. The van der Waals surface area contributed by atoms with Gasteiger partial charge in [0, 0.05) is 36.1 Å². The van der Waals surface area contributed by atoms with E-state index in [-0.39, 0.29) is 11.3 Å². The molecule has 1 aliphatic rings. The van der Waals surface area contributed by atoms with E-state index in [0.717, 1.165) is 29.2 Å². The predicted octanol–water partition coefficient (Wildman–Crippen LogP) is 6.43. The van der Waals surface area contributed by atoms with Gasteiger partial charge in [-0.3, -0.25) is 14.6 Å². The van der Waals surface area contributed by atoms with Crippen LogP contribution in [-0.4, -0.2) is 22.5 Å². The number of halogens is 2. The molecule has 0 spiro atoms. The minimum atomic E-state index is -3.06. The molecule has 0 unspecified atom stereocenters. The molecule has 2 amide bonds. The van der Waals surface area contributed by atoms with E-state index < -0.39 is 23.7 Å². The van der Waals surface area contributed by atoms with Crippen molar-refractivity contribution in [3.8, 4) is 11.1 Å². The molecule has 5 rings (SSSR count). The monoisotopic (exact) mass is 524 g/mol. The molecule has 0 fully saturated rings. The molecule has 8 heteroatoms. The van der Waals surface area contributed by atoms with Crippen molar-refractivity contribution in [1.82, 2.24) is 4.98 Å². The van der Waals surface area contributed by atoms with Crippen molar-refractivity contribution in [3.05, 3.63) is 114 Å². The van der Waals surface area contributed by atoms with Crippen LogP contribution in [0.1, 0.15) is 30.5 Å². The quantitative estimate of drug-likeness (QED) is 0.283. The van der Waals surface area contributed by atoms with Gasteiger partial charge in [-0.05, 0) is 60.4 Å². The number of aromatic nitrogens is 1. The number of benzene rings is 3. The molecule has 1 atom stereocenters. The van der Waals surface area contributed by atoms with Gasteiger partial charge in [0.25, 0.3) is 11.8 Å². The van der Waals surface area contributed by atoms with Crippen molar-refractivity contribution in [3.63, 3.8) is 0 Å². The molecule has 0 aliphatic carbocycles. The fraction of sp³-hybridized carbons (Fsp3) is 0.161. The maximum Gasteiger partial charge on any atom is 0.270 e. The van der Waals surface area contributed by atoms with Gasteiger partial charge in [0.15, 0.2) is 5.92 Å². The first kappa shape index (κ1) is 25.9. The van der Waals surface area contributed by atoms with E-state index in [9.17, 15) is 18.4 Å². The number of hydrazone groups is 1. The van der Waals surface area contributed by atoms with E-state index in [1.54, 1.807) is 25.4 Å². The van der Waals surface area contributed by atoms with E-state index in [1.165, 1.54) is 29.3 Å². The normalized spacial score (nSPS) is 15.3. The number of hydrogen-bond acceptors (Lipinski definition) is 4. The average Bonchev–Trinajstić information content (AvgIpc) is 3.23. The number of pyridine rings is 1. The van der Waals surface area contributed by atoms with Gasteiger partial charge in [-0.2, -0.15) is 10.1 Å². The third-order valence-electron chi connectivity index (χ3n) is 6.58. The van der Waals surface area contributed by atoms with Crippen molar-refractivity contribution in [2.24, 2.45) is 11.0 Å². The van der Waals surface area contributed by atoms with Crippen LogP contribution in [0.4, 0.5) is 20.2 Å². The fourth-order valence-corrected chi connectivity index (χ4v) is 4.59. The molecule has 1 aliphatic heterocycles. The summed E-state index contributed by atoms with van der Waals surface area (Å²) < 4.78 is 27.5. The minimum Gasteiger partial charge on any atom is -0.325 e. The van der Waals surface area contributed by atoms with Crippen LogP contribution in [0.25, 0.3) is 11.1 Å². The fourth-order valence-electron chi connectivity index (χ4n) is 4.59. The Morgan fingerprint density at radius 1 is 1.00 bits per heavy atom. The average molecular weight is 525 g/mol. The smallest absolute Gasteiger partial charge is 0.270 e. The number of carbonyl (C=O) groups excluding carboxylic acids is 2. The molecular formula is C31H26F2N4O2. The Morgan fingerprint density at radius 3 is 2.51 bits per heavy atom. The number of anilines is 2. The van der Waals surface area contributed by atoms with Gasteiger partial charge in [0.05, 0.1) is 11.4 Å². The third-order valence-corrected chi connectivity index (χ3v) is 6.58. The number of hydrogen-bond donors (Lipinski definition) is 1. The Morgan fingerprint density at radius 2 is 1.79 bits per heavy atom. The first-order chi connectivity index (χ1) is 18.7. The number of amides is 2. The van der Waals surface area contributed by atoms with Crippen molar-refractivity contribution in [2.45, 2.75) is 26.2 Å². The van der Waals surface area contributed by atoms with Crippen molar-refractivity contribution < 1.29 is 18.4 Å². The summed E-state index contributed by atoms with van der Waals surface area (Å²) in [6.45, 7) is 2.39. The Labute approximate surface area is 225 Å². The lowest BCUT2D eigenvalue weighted by atomic mass is 9.95. The SMILES string of the molecule is CC1=NN(c2ccc(Cc3ccccc3)c(-c3cccnc3)c2)C(=O)[C@H]1C(=O)Nc1cccc(C(C)(F)F)c1. The highest BCUT2D eigenvalue weighted by Crippen LogP contribution is 2.33. The van der Waals surface area contributed by atoms with E-state index in [0.29, 0.717) is 17.8 Å². The molecule has 0 radical (unpaired) electrons. The largest absolute Gasteiger partial charge is 0.325 e. The molecular weight excluding hydrogens is 498 g/mol. The first-order valence-electron chi connectivity index (χ1n) is 12.5. The second-order valence-corrected chi connectivity index (χ2v) is 9.53. The molecule has 39 heavy (non-hydrogen) atoms. The second kappa shape index (κ2) is 10.6. The van der Waals surface area contributed by atoms with Crippen molar-refractivity contribution in [1.29, 1.82) is 0 Å². The lowest BCUT2D eigenvalue weighted by Gasteiger charge is -2.18. The topological polar surface area (TPSA) is 74.7 Å². The van der Waals surface area contributed by atoms with E-state index in [1.807, 2.05) is 42.5 Å². The first-order valence-corrected chi connectivity index (χ1v) is 12.5. The van der Waals surface area contributed by atoms with Gasteiger partial charge in [0.2, 0.25) is 5.91 Å². The number of rotatable bonds is 7. The highest BCUT2D eigenvalue weighted by atomic mass is 19.3. The highest BCUT2D eigenvalue weighted by molar-refractivity contribution is 6.28. The van der Waals surface area contributed by atoms with Crippen LogP contribution in [-0.2, 0) is 21.9 Å². The molecule has 2 heterocycles. The van der Waals surface area contributed by atoms with Gasteiger partial charge >= 0.3 is 0 Å². The molecule has 1 aromatic heterocycles. The number of nitrogens with one attached hydrogen (secondary N) is 1. The Kier molecular flexibility index (Phi) is 7.02. The Balaban J connectivity index is 1.42.